The number of hydrogen-bond acceptors (Lipinski definition) is 6. The van der Waals surface area contributed by atoms with Crippen molar-refractivity contribution in [2.75, 3.05) is 19.5 Å². The molecule has 0 aliphatic rings. The van der Waals surface area contributed by atoms with Crippen LogP contribution in [0.1, 0.15) is 0 Å². The molecule has 3 rings (SSSR count). The highest BCUT2D eigenvalue weighted by atomic mass is 35.5. The Morgan fingerprint density at radius 1 is 1.19 bits per heavy atom. The van der Waals surface area contributed by atoms with Crippen LogP contribution in [0.2, 0.25) is 5.02 Å². The van der Waals surface area contributed by atoms with E-state index in [4.69, 9.17) is 21.1 Å². The van der Waals surface area contributed by atoms with Gasteiger partial charge in [0.2, 0.25) is 0 Å². The maximum atomic E-state index is 12.7. The molecule has 2 aromatic carbocycles. The molecule has 1 heterocycles. The molecule has 3 aromatic rings. The minimum Gasteiger partial charge on any atom is -0.493 e. The molecular weight excluding hydrogens is 388 g/mol. The number of hydrogen-bond donors (Lipinski definition) is 0. The second-order valence-corrected chi connectivity index (χ2v) is 7.03. The van der Waals surface area contributed by atoms with Crippen LogP contribution < -0.4 is 10.3 Å². The number of ether oxygens (including phenoxy) is 2. The first-order valence-electron chi connectivity index (χ1n) is 8.16. The molecule has 0 saturated heterocycles. The summed E-state index contributed by atoms with van der Waals surface area (Å²) in [7, 11) is 1.29. The van der Waals surface area contributed by atoms with Gasteiger partial charge < -0.3 is 9.47 Å². The molecule has 0 bridgehead atoms. The highest BCUT2D eigenvalue weighted by molar-refractivity contribution is 7.99. The normalized spacial score (nSPS) is 10.7. The lowest BCUT2D eigenvalue weighted by atomic mass is 10.2. The zero-order valence-electron chi connectivity index (χ0n) is 14.6. The smallest absolute Gasteiger partial charge is 0.325 e. The summed E-state index contributed by atoms with van der Waals surface area (Å²) < 4.78 is 11.7. The Morgan fingerprint density at radius 3 is 2.67 bits per heavy atom. The van der Waals surface area contributed by atoms with E-state index in [1.807, 2.05) is 6.07 Å². The predicted molar refractivity (Wildman–Crippen MR) is 106 cm³/mol. The number of esters is 1. The van der Waals surface area contributed by atoms with Crippen molar-refractivity contribution in [2.24, 2.45) is 0 Å². The molecule has 0 aliphatic carbocycles. The molecule has 0 fully saturated rings. The van der Waals surface area contributed by atoms with Gasteiger partial charge >= 0.3 is 5.97 Å². The highest BCUT2D eigenvalue weighted by Gasteiger charge is 2.14. The van der Waals surface area contributed by atoms with Crippen LogP contribution in [-0.4, -0.2) is 35.0 Å². The minimum atomic E-state index is -0.506. The van der Waals surface area contributed by atoms with Gasteiger partial charge in [-0.2, -0.15) is 0 Å². The Kier molecular flexibility index (Phi) is 6.36. The number of rotatable bonds is 7. The zero-order chi connectivity index (χ0) is 19.2. The van der Waals surface area contributed by atoms with E-state index in [1.54, 1.807) is 42.5 Å². The maximum Gasteiger partial charge on any atom is 0.325 e. The number of carbonyl (C=O) groups is 1. The largest absolute Gasteiger partial charge is 0.493 e. The quantitative estimate of drug-likeness (QED) is 0.260. The summed E-state index contributed by atoms with van der Waals surface area (Å²) in [5, 5.41) is 1.55. The van der Waals surface area contributed by atoms with Gasteiger partial charge in [-0.1, -0.05) is 35.5 Å². The summed E-state index contributed by atoms with van der Waals surface area (Å²) in [6.45, 7) is 0.223. The molecule has 0 saturated carbocycles. The molecule has 0 amide bonds. The Bertz CT molecular complexity index is 1000. The Balaban J connectivity index is 1.77. The molecule has 6 nitrogen and oxygen atoms in total. The van der Waals surface area contributed by atoms with Crippen LogP contribution in [0.15, 0.2) is 58.5 Å². The average molecular weight is 405 g/mol. The van der Waals surface area contributed by atoms with Crippen molar-refractivity contribution >= 4 is 40.2 Å². The molecule has 0 unspecified atom stereocenters. The number of aromatic nitrogens is 2. The van der Waals surface area contributed by atoms with Gasteiger partial charge in [0, 0.05) is 10.8 Å². The van der Waals surface area contributed by atoms with Gasteiger partial charge in [-0.05, 0) is 36.4 Å². The zero-order valence-corrected chi connectivity index (χ0v) is 16.1. The molecule has 27 heavy (non-hydrogen) atoms. The predicted octanol–water partition coefficient (Wildman–Crippen LogP) is 3.39. The second kappa shape index (κ2) is 8.92. The number of halogens is 1. The molecule has 0 atom stereocenters. The average Bonchev–Trinajstić information content (AvgIpc) is 2.69. The van der Waals surface area contributed by atoms with Gasteiger partial charge in [0.25, 0.3) is 5.56 Å². The number of nitrogens with zero attached hydrogens (tertiary/aromatic N) is 2. The van der Waals surface area contributed by atoms with E-state index in [0.717, 1.165) is 0 Å². The number of thioether (sulfide) groups is 1. The molecule has 140 valence electrons. The SMILES string of the molecule is COC(=O)Cn1c(SCCOc2ccc(Cl)cc2)nc2ccccc2c1=O. The van der Waals surface area contributed by atoms with E-state index in [9.17, 15) is 9.59 Å². The summed E-state index contributed by atoms with van der Waals surface area (Å²) in [6, 6.07) is 14.1. The van der Waals surface area contributed by atoms with E-state index in [0.29, 0.717) is 39.2 Å². The fraction of sp³-hybridized carbons (Fsp3) is 0.211. The monoisotopic (exact) mass is 404 g/mol. The third-order valence-corrected chi connectivity index (χ3v) is 4.93. The van der Waals surface area contributed by atoms with Gasteiger partial charge in [-0.15, -0.1) is 0 Å². The van der Waals surface area contributed by atoms with Gasteiger partial charge in [0.1, 0.15) is 12.3 Å². The Labute approximate surface area is 165 Å². The van der Waals surface area contributed by atoms with Crippen LogP contribution >= 0.6 is 23.4 Å². The first kappa shape index (κ1) is 19.3. The Morgan fingerprint density at radius 2 is 1.93 bits per heavy atom. The van der Waals surface area contributed by atoms with Gasteiger partial charge in [-0.25, -0.2) is 4.98 Å². The summed E-state index contributed by atoms with van der Waals surface area (Å²) in [6.07, 6.45) is 0. The third-order valence-electron chi connectivity index (χ3n) is 3.74. The van der Waals surface area contributed by atoms with Crippen molar-refractivity contribution in [3.05, 3.63) is 63.9 Å². The van der Waals surface area contributed by atoms with Crippen molar-refractivity contribution in [1.29, 1.82) is 0 Å². The third kappa shape index (κ3) is 4.81. The molecule has 0 radical (unpaired) electrons. The molecule has 0 aliphatic heterocycles. The van der Waals surface area contributed by atoms with Gasteiger partial charge in [-0.3, -0.25) is 14.2 Å². The van der Waals surface area contributed by atoms with Crippen molar-refractivity contribution in [1.82, 2.24) is 9.55 Å². The standard InChI is InChI=1S/C19H17ClN2O4S/c1-25-17(23)12-22-18(24)15-4-2-3-5-16(15)21-19(22)27-11-10-26-14-8-6-13(20)7-9-14/h2-9H,10-12H2,1H3. The molecule has 8 heteroatoms. The minimum absolute atomic E-state index is 0.187. The summed E-state index contributed by atoms with van der Waals surface area (Å²) in [5.41, 5.74) is 0.317. The van der Waals surface area contributed by atoms with Crippen LogP contribution in [-0.2, 0) is 16.1 Å². The molecule has 0 N–H and O–H groups in total. The van der Waals surface area contributed by atoms with E-state index < -0.39 is 5.97 Å². The lowest BCUT2D eigenvalue weighted by Gasteiger charge is -2.12. The van der Waals surface area contributed by atoms with E-state index >= 15 is 0 Å². The molecular formula is C19H17ClN2O4S. The van der Waals surface area contributed by atoms with Crippen LogP contribution in [0.3, 0.4) is 0 Å². The van der Waals surface area contributed by atoms with Crippen molar-refractivity contribution in [3.8, 4) is 5.75 Å². The number of benzene rings is 2. The second-order valence-electron chi connectivity index (χ2n) is 5.53. The summed E-state index contributed by atoms with van der Waals surface area (Å²) in [5.74, 6) is 0.751. The summed E-state index contributed by atoms with van der Waals surface area (Å²) >= 11 is 7.19. The van der Waals surface area contributed by atoms with E-state index in [2.05, 4.69) is 4.98 Å². The van der Waals surface area contributed by atoms with E-state index in [-0.39, 0.29) is 12.1 Å². The summed E-state index contributed by atoms with van der Waals surface area (Å²) in [4.78, 5) is 29.0. The molecule has 1 aromatic heterocycles. The highest BCUT2D eigenvalue weighted by Crippen LogP contribution is 2.19. The first-order valence-corrected chi connectivity index (χ1v) is 9.52. The van der Waals surface area contributed by atoms with Crippen molar-refractivity contribution in [3.63, 3.8) is 0 Å². The number of carbonyl (C=O) groups excluding carboxylic acids is 1. The van der Waals surface area contributed by atoms with Gasteiger partial charge in [0.05, 0.1) is 24.6 Å². The van der Waals surface area contributed by atoms with E-state index in [1.165, 1.54) is 23.4 Å². The maximum absolute atomic E-state index is 12.7. The number of methoxy groups -OCH3 is 1. The van der Waals surface area contributed by atoms with Crippen LogP contribution in [0.25, 0.3) is 10.9 Å². The van der Waals surface area contributed by atoms with Crippen molar-refractivity contribution < 1.29 is 14.3 Å². The topological polar surface area (TPSA) is 70.4 Å². The van der Waals surface area contributed by atoms with Crippen LogP contribution in [0.4, 0.5) is 0 Å². The van der Waals surface area contributed by atoms with Gasteiger partial charge in [0.15, 0.2) is 5.16 Å². The lowest BCUT2D eigenvalue weighted by Crippen LogP contribution is -2.27. The fourth-order valence-electron chi connectivity index (χ4n) is 2.41. The lowest BCUT2D eigenvalue weighted by molar-refractivity contribution is -0.141. The van der Waals surface area contributed by atoms with Crippen LogP contribution in [0, 0.1) is 0 Å². The number of fused-ring (bicyclic) bond motifs is 1. The number of para-hydroxylation sites is 1. The van der Waals surface area contributed by atoms with Crippen molar-refractivity contribution in [2.45, 2.75) is 11.7 Å². The first-order chi connectivity index (χ1) is 13.1. The molecule has 0 spiro atoms. The fourth-order valence-corrected chi connectivity index (χ4v) is 3.36. The Hall–Kier alpha value is -2.51. The van der Waals surface area contributed by atoms with Crippen LogP contribution in [0.5, 0.6) is 5.75 Å².